The second-order valence-corrected chi connectivity index (χ2v) is 11.6. The molecular formula is C36H28Cl2N2. The van der Waals surface area contributed by atoms with Crippen molar-refractivity contribution in [3.05, 3.63) is 129 Å². The molecule has 0 aliphatic heterocycles. The van der Waals surface area contributed by atoms with Crippen LogP contribution in [0.5, 0.6) is 0 Å². The largest absolute Gasteiger partial charge is 0.247 e. The van der Waals surface area contributed by atoms with Crippen LogP contribution in [0.15, 0.2) is 97.1 Å². The predicted octanol–water partition coefficient (Wildman–Crippen LogP) is 10.1. The zero-order chi connectivity index (χ0) is 27.1. The lowest BCUT2D eigenvalue weighted by molar-refractivity contribution is 0.834. The molecule has 2 aliphatic carbocycles. The summed E-state index contributed by atoms with van der Waals surface area (Å²) in [5.74, 6) is 0. The Morgan fingerprint density at radius 3 is 1.35 bits per heavy atom. The van der Waals surface area contributed by atoms with Crippen molar-refractivity contribution < 1.29 is 0 Å². The number of hydrogen-bond donors (Lipinski definition) is 0. The SMILES string of the molecule is Clc1ccc2nc3c(cc2c1)CCCc1ccccc1-3.Clc1ccc2nc3c(cc2c1)CCCc1ccccc1-3. The molecule has 4 aromatic carbocycles. The Bertz CT molecular complexity index is 1750. The highest BCUT2D eigenvalue weighted by Gasteiger charge is 2.17. The number of fused-ring (bicyclic) bond motifs is 8. The third kappa shape index (κ3) is 4.87. The van der Waals surface area contributed by atoms with Gasteiger partial charge in [-0.25, -0.2) is 9.97 Å². The Labute approximate surface area is 244 Å². The first-order chi connectivity index (χ1) is 19.6. The average molecular weight is 560 g/mol. The van der Waals surface area contributed by atoms with Gasteiger partial charge < -0.3 is 0 Å². The Kier molecular flexibility index (Phi) is 6.75. The summed E-state index contributed by atoms with van der Waals surface area (Å²) in [5, 5.41) is 3.81. The van der Waals surface area contributed by atoms with Crippen molar-refractivity contribution in [3.63, 3.8) is 0 Å². The monoisotopic (exact) mass is 558 g/mol. The number of nitrogens with zero attached hydrogens (tertiary/aromatic N) is 2. The summed E-state index contributed by atoms with van der Waals surface area (Å²) in [4.78, 5) is 9.80. The fraction of sp³-hybridized carbons (Fsp3) is 0.167. The lowest BCUT2D eigenvalue weighted by Gasteiger charge is -2.10. The lowest BCUT2D eigenvalue weighted by atomic mass is 10.0. The minimum absolute atomic E-state index is 0.772. The van der Waals surface area contributed by atoms with Crippen molar-refractivity contribution in [2.75, 3.05) is 0 Å². The van der Waals surface area contributed by atoms with E-state index in [4.69, 9.17) is 33.2 Å². The molecule has 2 aliphatic rings. The van der Waals surface area contributed by atoms with Gasteiger partial charge in [-0.1, -0.05) is 71.7 Å². The normalized spacial score (nSPS) is 13.7. The summed E-state index contributed by atoms with van der Waals surface area (Å²) in [6, 6.07) is 33.6. The summed E-state index contributed by atoms with van der Waals surface area (Å²) >= 11 is 12.2. The summed E-state index contributed by atoms with van der Waals surface area (Å²) in [7, 11) is 0. The minimum Gasteiger partial charge on any atom is -0.247 e. The van der Waals surface area contributed by atoms with Crippen LogP contribution in [0.3, 0.4) is 0 Å². The van der Waals surface area contributed by atoms with E-state index in [1.165, 1.54) is 46.2 Å². The van der Waals surface area contributed by atoms with Crippen LogP contribution >= 0.6 is 23.2 Å². The molecule has 0 radical (unpaired) electrons. The van der Waals surface area contributed by atoms with E-state index in [0.29, 0.717) is 0 Å². The Morgan fingerprint density at radius 1 is 0.450 bits per heavy atom. The Hall–Kier alpha value is -3.72. The van der Waals surface area contributed by atoms with Crippen LogP contribution in [0.1, 0.15) is 35.1 Å². The molecule has 0 spiro atoms. The van der Waals surface area contributed by atoms with Gasteiger partial charge in [-0.05, 0) is 109 Å². The van der Waals surface area contributed by atoms with Crippen LogP contribution in [0.25, 0.3) is 44.3 Å². The maximum Gasteiger partial charge on any atom is 0.0744 e. The standard InChI is InChI=1S/2C18H14ClN/c2*19-15-8-9-17-14(11-15)10-13-6-3-5-12-4-1-2-7-16(12)18(13)20-17/h2*1-2,4,7-11H,3,5-6H2. The molecule has 0 fully saturated rings. The zero-order valence-electron chi connectivity index (χ0n) is 22.1. The molecule has 196 valence electrons. The molecule has 2 aromatic heterocycles. The van der Waals surface area contributed by atoms with Crippen LogP contribution in [-0.4, -0.2) is 9.97 Å². The minimum atomic E-state index is 0.772. The van der Waals surface area contributed by atoms with Crippen molar-refractivity contribution >= 4 is 45.0 Å². The molecule has 0 N–H and O–H groups in total. The zero-order valence-corrected chi connectivity index (χ0v) is 23.6. The quantitative estimate of drug-likeness (QED) is 0.185. The fourth-order valence-electron chi connectivity index (χ4n) is 6.11. The van der Waals surface area contributed by atoms with E-state index in [0.717, 1.165) is 68.9 Å². The van der Waals surface area contributed by atoms with E-state index in [1.54, 1.807) is 0 Å². The molecule has 6 aromatic rings. The maximum atomic E-state index is 6.09. The summed E-state index contributed by atoms with van der Waals surface area (Å²) < 4.78 is 0. The van der Waals surface area contributed by atoms with E-state index in [1.807, 2.05) is 36.4 Å². The first-order valence-electron chi connectivity index (χ1n) is 14.0. The third-order valence-electron chi connectivity index (χ3n) is 8.04. The van der Waals surface area contributed by atoms with Crippen LogP contribution in [0, 0.1) is 0 Å². The van der Waals surface area contributed by atoms with Gasteiger partial charge >= 0.3 is 0 Å². The number of benzene rings is 4. The predicted molar refractivity (Wildman–Crippen MR) is 168 cm³/mol. The highest BCUT2D eigenvalue weighted by molar-refractivity contribution is 6.31. The topological polar surface area (TPSA) is 25.8 Å². The molecule has 2 heterocycles. The second kappa shape index (κ2) is 10.7. The van der Waals surface area contributed by atoms with Gasteiger partial charge in [0.05, 0.1) is 22.4 Å². The van der Waals surface area contributed by atoms with Gasteiger partial charge in [0.1, 0.15) is 0 Å². The molecule has 8 rings (SSSR count). The number of halogens is 2. The fourth-order valence-corrected chi connectivity index (χ4v) is 6.47. The second-order valence-electron chi connectivity index (χ2n) is 10.7. The molecule has 0 unspecified atom stereocenters. The lowest BCUT2D eigenvalue weighted by Crippen LogP contribution is -1.93. The van der Waals surface area contributed by atoms with E-state index < -0.39 is 0 Å². The maximum absolute atomic E-state index is 6.09. The average Bonchev–Trinajstić information content (AvgIpc) is 3.26. The molecule has 4 heteroatoms. The Balaban J connectivity index is 0.000000132. The number of aromatic nitrogens is 2. The molecule has 0 saturated carbocycles. The smallest absolute Gasteiger partial charge is 0.0744 e. The summed E-state index contributed by atoms with van der Waals surface area (Å²) in [6.45, 7) is 0. The highest BCUT2D eigenvalue weighted by atomic mass is 35.5. The van der Waals surface area contributed by atoms with Gasteiger partial charge in [0.2, 0.25) is 0 Å². The van der Waals surface area contributed by atoms with Crippen molar-refractivity contribution in [2.45, 2.75) is 38.5 Å². The van der Waals surface area contributed by atoms with Crippen LogP contribution in [0.2, 0.25) is 10.0 Å². The summed E-state index contributed by atoms with van der Waals surface area (Å²) in [6.07, 6.45) is 6.78. The van der Waals surface area contributed by atoms with Gasteiger partial charge in [0.25, 0.3) is 0 Å². The van der Waals surface area contributed by atoms with Crippen molar-refractivity contribution in [1.29, 1.82) is 0 Å². The van der Waals surface area contributed by atoms with Crippen LogP contribution in [0.4, 0.5) is 0 Å². The molecule has 40 heavy (non-hydrogen) atoms. The molecule has 2 nitrogen and oxygen atoms in total. The molecule has 0 saturated heterocycles. The Morgan fingerprint density at radius 2 is 0.875 bits per heavy atom. The van der Waals surface area contributed by atoms with Crippen LogP contribution in [-0.2, 0) is 25.7 Å². The molecule has 0 amide bonds. The van der Waals surface area contributed by atoms with Crippen molar-refractivity contribution in [1.82, 2.24) is 9.97 Å². The first kappa shape index (κ1) is 25.3. The first-order valence-corrected chi connectivity index (χ1v) is 14.7. The van der Waals surface area contributed by atoms with E-state index in [9.17, 15) is 0 Å². The van der Waals surface area contributed by atoms with Gasteiger partial charge in [-0.3, -0.25) is 0 Å². The van der Waals surface area contributed by atoms with Crippen LogP contribution < -0.4 is 0 Å². The number of hydrogen-bond acceptors (Lipinski definition) is 2. The van der Waals surface area contributed by atoms with E-state index >= 15 is 0 Å². The number of aryl methyl sites for hydroxylation is 4. The van der Waals surface area contributed by atoms with Gasteiger partial charge in [0.15, 0.2) is 0 Å². The van der Waals surface area contributed by atoms with Crippen molar-refractivity contribution in [2.24, 2.45) is 0 Å². The molecule has 0 bridgehead atoms. The molecule has 0 atom stereocenters. The van der Waals surface area contributed by atoms with E-state index in [-0.39, 0.29) is 0 Å². The van der Waals surface area contributed by atoms with Crippen molar-refractivity contribution in [3.8, 4) is 22.5 Å². The van der Waals surface area contributed by atoms with Gasteiger partial charge in [-0.15, -0.1) is 0 Å². The van der Waals surface area contributed by atoms with Gasteiger partial charge in [-0.2, -0.15) is 0 Å². The molecular weight excluding hydrogens is 531 g/mol. The van der Waals surface area contributed by atoms with Gasteiger partial charge in [0, 0.05) is 31.9 Å². The summed E-state index contributed by atoms with van der Waals surface area (Å²) in [5.41, 5.74) is 12.4. The van der Waals surface area contributed by atoms with E-state index in [2.05, 4.69) is 60.7 Å². The number of rotatable bonds is 0. The number of pyridine rings is 2. The third-order valence-corrected chi connectivity index (χ3v) is 8.51. The highest BCUT2D eigenvalue weighted by Crippen LogP contribution is 2.35.